The molecule has 0 heterocycles. The van der Waals surface area contributed by atoms with Crippen molar-refractivity contribution in [2.75, 3.05) is 0 Å². The molecule has 0 fully saturated rings. The van der Waals surface area contributed by atoms with Crippen molar-refractivity contribution in [3.05, 3.63) is 75.5 Å². The predicted octanol–water partition coefficient (Wildman–Crippen LogP) is 2.48. The second-order valence-corrected chi connectivity index (χ2v) is 3.81. The van der Waals surface area contributed by atoms with Gasteiger partial charge in [0.25, 0.3) is 5.69 Å². The molecule has 0 atom stereocenters. The molecule has 86 valence electrons. The Bertz CT molecular complexity index is 525. The average molecular weight is 228 g/mol. The van der Waals surface area contributed by atoms with E-state index in [4.69, 9.17) is 5.73 Å². The van der Waals surface area contributed by atoms with E-state index in [0.717, 1.165) is 23.3 Å². The first-order valence-electron chi connectivity index (χ1n) is 5.24. The first-order chi connectivity index (χ1) is 8.15. The van der Waals surface area contributed by atoms with E-state index < -0.39 is 4.92 Å². The number of hydrogen-bond donors (Lipinski definition) is 1. The van der Waals surface area contributed by atoms with Gasteiger partial charge in [-0.05, 0) is 29.7 Å². The maximum Gasteiger partial charge on any atom is 0.269 e. The van der Waals surface area contributed by atoms with Crippen molar-refractivity contribution in [2.24, 2.45) is 5.73 Å². The number of allylic oxidation sites excluding steroid dienone is 5. The van der Waals surface area contributed by atoms with Crippen LogP contribution in [0.5, 0.6) is 0 Å². The molecule has 0 aliphatic heterocycles. The summed E-state index contributed by atoms with van der Waals surface area (Å²) in [6.45, 7) is 0. The van der Waals surface area contributed by atoms with Crippen LogP contribution < -0.4 is 5.73 Å². The molecule has 2 N–H and O–H groups in total. The van der Waals surface area contributed by atoms with Gasteiger partial charge in [-0.1, -0.05) is 24.3 Å². The molecule has 0 bridgehead atoms. The van der Waals surface area contributed by atoms with Gasteiger partial charge in [-0.2, -0.15) is 0 Å². The number of nitrogens with zero attached hydrogens (tertiary/aromatic N) is 1. The summed E-state index contributed by atoms with van der Waals surface area (Å²) in [7, 11) is 0. The summed E-state index contributed by atoms with van der Waals surface area (Å²) in [5.74, 6) is 0. The van der Waals surface area contributed by atoms with Gasteiger partial charge >= 0.3 is 0 Å². The lowest BCUT2D eigenvalue weighted by atomic mass is 10.1. The van der Waals surface area contributed by atoms with E-state index in [0.29, 0.717) is 0 Å². The quantitative estimate of drug-likeness (QED) is 0.638. The molecule has 0 radical (unpaired) electrons. The fourth-order valence-corrected chi connectivity index (χ4v) is 1.60. The Balaban J connectivity index is 2.05. The van der Waals surface area contributed by atoms with Crippen molar-refractivity contribution >= 4 is 5.69 Å². The summed E-state index contributed by atoms with van der Waals surface area (Å²) in [5.41, 5.74) is 8.58. The maximum atomic E-state index is 10.5. The highest BCUT2D eigenvalue weighted by Gasteiger charge is 2.03. The van der Waals surface area contributed by atoms with Crippen LogP contribution in [0.4, 0.5) is 5.69 Å². The van der Waals surface area contributed by atoms with Crippen molar-refractivity contribution in [1.29, 1.82) is 0 Å². The molecule has 1 aromatic rings. The molecule has 0 saturated heterocycles. The third-order valence-electron chi connectivity index (χ3n) is 2.52. The Morgan fingerprint density at radius 3 is 2.47 bits per heavy atom. The standard InChI is InChI=1S/C13H12N2O2/c14-12-6-3-11(9-12)2-1-10-4-7-13(8-5-10)15(16)17/h2-9H,1,14H2. The molecule has 0 aromatic heterocycles. The summed E-state index contributed by atoms with van der Waals surface area (Å²) in [6, 6.07) is 6.56. The molecule has 0 spiro atoms. The smallest absolute Gasteiger partial charge is 0.269 e. The van der Waals surface area contributed by atoms with Gasteiger partial charge in [0.15, 0.2) is 0 Å². The highest BCUT2D eigenvalue weighted by Crippen LogP contribution is 2.15. The molecule has 4 nitrogen and oxygen atoms in total. The van der Waals surface area contributed by atoms with Crippen LogP contribution in [-0.4, -0.2) is 4.92 Å². The highest BCUT2D eigenvalue weighted by atomic mass is 16.6. The van der Waals surface area contributed by atoms with Crippen LogP contribution in [0.2, 0.25) is 0 Å². The second kappa shape index (κ2) is 4.65. The van der Waals surface area contributed by atoms with E-state index in [1.807, 2.05) is 24.3 Å². The van der Waals surface area contributed by atoms with E-state index >= 15 is 0 Å². The van der Waals surface area contributed by atoms with Gasteiger partial charge in [0.2, 0.25) is 0 Å². The molecule has 1 aromatic carbocycles. The maximum absolute atomic E-state index is 10.5. The number of nitro groups is 1. The van der Waals surface area contributed by atoms with E-state index in [9.17, 15) is 10.1 Å². The lowest BCUT2D eigenvalue weighted by Crippen LogP contribution is -1.89. The van der Waals surface area contributed by atoms with Gasteiger partial charge in [-0.3, -0.25) is 10.1 Å². The summed E-state index contributed by atoms with van der Waals surface area (Å²) in [4.78, 5) is 10.1. The van der Waals surface area contributed by atoms with E-state index in [1.54, 1.807) is 12.1 Å². The Morgan fingerprint density at radius 2 is 1.94 bits per heavy atom. The minimum absolute atomic E-state index is 0.117. The van der Waals surface area contributed by atoms with Gasteiger partial charge in [0.1, 0.15) is 0 Å². The fourth-order valence-electron chi connectivity index (χ4n) is 1.60. The highest BCUT2D eigenvalue weighted by molar-refractivity contribution is 5.45. The third kappa shape index (κ3) is 2.81. The SMILES string of the molecule is NC1=CC(=CCc2ccc([N+](=O)[O-])cc2)C=C1. The zero-order valence-electron chi connectivity index (χ0n) is 9.17. The number of hydrogen-bond acceptors (Lipinski definition) is 3. The van der Waals surface area contributed by atoms with Crippen molar-refractivity contribution in [3.8, 4) is 0 Å². The first kappa shape index (κ1) is 11.1. The molecule has 0 saturated carbocycles. The van der Waals surface area contributed by atoms with Crippen molar-refractivity contribution in [1.82, 2.24) is 0 Å². The summed E-state index contributed by atoms with van der Waals surface area (Å²) >= 11 is 0. The van der Waals surface area contributed by atoms with Gasteiger partial charge in [0.05, 0.1) is 4.92 Å². The van der Waals surface area contributed by atoms with Crippen LogP contribution in [-0.2, 0) is 6.42 Å². The molecular weight excluding hydrogens is 216 g/mol. The van der Waals surface area contributed by atoms with Crippen LogP contribution in [0.25, 0.3) is 0 Å². The minimum atomic E-state index is -0.397. The van der Waals surface area contributed by atoms with Crippen molar-refractivity contribution in [2.45, 2.75) is 6.42 Å². The third-order valence-corrected chi connectivity index (χ3v) is 2.52. The molecule has 1 aliphatic rings. The number of rotatable bonds is 3. The van der Waals surface area contributed by atoms with Gasteiger partial charge in [-0.25, -0.2) is 0 Å². The van der Waals surface area contributed by atoms with Gasteiger partial charge in [-0.15, -0.1) is 0 Å². The average Bonchev–Trinajstić information content (AvgIpc) is 2.73. The molecular formula is C13H12N2O2. The number of benzene rings is 1. The molecule has 1 aliphatic carbocycles. The Kier molecular flexibility index (Phi) is 3.05. The Morgan fingerprint density at radius 1 is 1.24 bits per heavy atom. The van der Waals surface area contributed by atoms with E-state index in [2.05, 4.69) is 0 Å². The van der Waals surface area contributed by atoms with Crippen molar-refractivity contribution in [3.63, 3.8) is 0 Å². The van der Waals surface area contributed by atoms with Crippen LogP contribution in [0.15, 0.2) is 59.8 Å². The number of nitrogens with two attached hydrogens (primary N) is 1. The lowest BCUT2D eigenvalue weighted by Gasteiger charge is -1.97. The Labute approximate surface area is 98.9 Å². The van der Waals surface area contributed by atoms with Crippen LogP contribution in [0.1, 0.15) is 5.56 Å². The Hall–Kier alpha value is -2.36. The molecule has 2 rings (SSSR count). The fraction of sp³-hybridized carbons (Fsp3) is 0.0769. The number of non-ortho nitro benzene ring substituents is 1. The monoisotopic (exact) mass is 228 g/mol. The van der Waals surface area contributed by atoms with Gasteiger partial charge in [0, 0.05) is 17.8 Å². The van der Waals surface area contributed by atoms with Crippen LogP contribution in [0.3, 0.4) is 0 Å². The zero-order valence-corrected chi connectivity index (χ0v) is 9.17. The van der Waals surface area contributed by atoms with Crippen LogP contribution >= 0.6 is 0 Å². The molecule has 0 amide bonds. The molecule has 4 heteroatoms. The molecule has 17 heavy (non-hydrogen) atoms. The zero-order chi connectivity index (χ0) is 12.3. The topological polar surface area (TPSA) is 69.2 Å². The normalized spacial score (nSPS) is 16.2. The van der Waals surface area contributed by atoms with E-state index in [-0.39, 0.29) is 5.69 Å². The predicted molar refractivity (Wildman–Crippen MR) is 66.3 cm³/mol. The van der Waals surface area contributed by atoms with Crippen LogP contribution in [0, 0.1) is 10.1 Å². The summed E-state index contributed by atoms with van der Waals surface area (Å²) < 4.78 is 0. The number of nitro benzene ring substituents is 1. The molecule has 0 unspecified atom stereocenters. The van der Waals surface area contributed by atoms with E-state index in [1.165, 1.54) is 12.1 Å². The largest absolute Gasteiger partial charge is 0.399 e. The lowest BCUT2D eigenvalue weighted by molar-refractivity contribution is -0.384. The second-order valence-electron chi connectivity index (χ2n) is 3.81. The minimum Gasteiger partial charge on any atom is -0.399 e. The summed E-state index contributed by atoms with van der Waals surface area (Å²) in [6.07, 6.45) is 8.47. The van der Waals surface area contributed by atoms with Crippen molar-refractivity contribution < 1.29 is 4.92 Å². The first-order valence-corrected chi connectivity index (χ1v) is 5.24. The summed E-state index contributed by atoms with van der Waals surface area (Å²) in [5, 5.41) is 10.5. The van der Waals surface area contributed by atoms with Gasteiger partial charge < -0.3 is 5.73 Å².